The van der Waals surface area contributed by atoms with Gasteiger partial charge in [-0.1, -0.05) is 0 Å². The van der Waals surface area contributed by atoms with Gasteiger partial charge in [0.15, 0.2) is 0 Å². The van der Waals surface area contributed by atoms with Crippen LogP contribution in [0.25, 0.3) is 0 Å². The Morgan fingerprint density at radius 1 is 1.31 bits per heavy atom. The van der Waals surface area contributed by atoms with Gasteiger partial charge in [0, 0.05) is 17.6 Å². The highest BCUT2D eigenvalue weighted by molar-refractivity contribution is 9.10. The number of halogens is 1. The van der Waals surface area contributed by atoms with Crippen LogP contribution in [0.2, 0.25) is 0 Å². The van der Waals surface area contributed by atoms with E-state index in [0.29, 0.717) is 30.8 Å². The number of carbonyl (C=O) groups excluding carboxylic acids is 2. The third kappa shape index (κ3) is 5.90. The average molecular weight is 427 g/mol. The van der Waals surface area contributed by atoms with E-state index in [9.17, 15) is 9.59 Å². The van der Waals surface area contributed by atoms with Crippen molar-refractivity contribution in [2.75, 3.05) is 13.1 Å². The van der Waals surface area contributed by atoms with E-state index >= 15 is 0 Å². The summed E-state index contributed by atoms with van der Waals surface area (Å²) >= 11 is 3.44. The van der Waals surface area contributed by atoms with Crippen molar-refractivity contribution in [3.63, 3.8) is 0 Å². The maximum atomic E-state index is 12.9. The summed E-state index contributed by atoms with van der Waals surface area (Å²) in [5, 5.41) is 2.83. The molecule has 0 aliphatic carbocycles. The largest absolute Gasteiger partial charge is 0.491 e. The molecule has 1 aliphatic heterocycles. The zero-order valence-electron chi connectivity index (χ0n) is 16.0. The van der Waals surface area contributed by atoms with E-state index in [-0.39, 0.29) is 18.1 Å². The molecular weight excluding hydrogens is 400 g/mol. The molecular formula is C19H27BrN2O4. The standard InChI is InChI=1S/C19H27BrN2O4/c1-12(2)25-14-6-7-16(20)15(10-14)17(23)22-9-8-13(11-22)21-18(24)26-19(3,4)5/h6-7,10,12-13H,8-9,11H2,1-5H3,(H,21,24). The van der Waals surface area contributed by atoms with E-state index < -0.39 is 11.7 Å². The van der Waals surface area contributed by atoms with Crippen LogP contribution in [0.4, 0.5) is 4.79 Å². The lowest BCUT2D eigenvalue weighted by Gasteiger charge is -2.22. The summed E-state index contributed by atoms with van der Waals surface area (Å²) in [4.78, 5) is 26.5. The number of amides is 2. The molecule has 2 amide bonds. The Kier molecular flexibility index (Phi) is 6.55. The molecule has 1 aliphatic rings. The lowest BCUT2D eigenvalue weighted by Crippen LogP contribution is -2.41. The number of carbonyl (C=O) groups is 2. The fraction of sp³-hybridized carbons (Fsp3) is 0.579. The van der Waals surface area contributed by atoms with Crippen molar-refractivity contribution < 1.29 is 19.1 Å². The average Bonchev–Trinajstić information content (AvgIpc) is 2.94. The SMILES string of the molecule is CC(C)Oc1ccc(Br)c(C(=O)N2CCC(NC(=O)OC(C)(C)C)C2)c1. The molecule has 1 aromatic rings. The highest BCUT2D eigenvalue weighted by Crippen LogP contribution is 2.26. The van der Waals surface area contributed by atoms with Gasteiger partial charge in [-0.2, -0.15) is 0 Å². The van der Waals surface area contributed by atoms with E-state index in [1.165, 1.54) is 0 Å². The molecule has 0 bridgehead atoms. The Labute approximate surface area is 163 Å². The van der Waals surface area contributed by atoms with Gasteiger partial charge in [-0.3, -0.25) is 4.79 Å². The van der Waals surface area contributed by atoms with Gasteiger partial charge in [-0.05, 0) is 75.2 Å². The summed E-state index contributed by atoms with van der Waals surface area (Å²) in [6.45, 7) is 10.4. The molecule has 26 heavy (non-hydrogen) atoms. The Morgan fingerprint density at radius 3 is 2.62 bits per heavy atom. The molecule has 144 valence electrons. The van der Waals surface area contributed by atoms with Crippen LogP contribution in [0.3, 0.4) is 0 Å². The zero-order valence-corrected chi connectivity index (χ0v) is 17.6. The second-order valence-corrected chi connectivity index (χ2v) is 8.55. The molecule has 0 aromatic heterocycles. The first-order chi connectivity index (χ1) is 12.0. The molecule has 1 atom stereocenters. The maximum absolute atomic E-state index is 12.9. The number of rotatable bonds is 4. The third-order valence-corrected chi connectivity index (χ3v) is 4.43. The van der Waals surface area contributed by atoms with E-state index in [2.05, 4.69) is 21.2 Å². The topological polar surface area (TPSA) is 67.9 Å². The minimum Gasteiger partial charge on any atom is -0.491 e. The molecule has 1 saturated heterocycles. The fourth-order valence-electron chi connectivity index (χ4n) is 2.72. The lowest BCUT2D eigenvalue weighted by molar-refractivity contribution is 0.0502. The van der Waals surface area contributed by atoms with Gasteiger partial charge in [0.2, 0.25) is 0 Å². The van der Waals surface area contributed by atoms with E-state index in [1.54, 1.807) is 11.0 Å². The fourth-order valence-corrected chi connectivity index (χ4v) is 3.14. The van der Waals surface area contributed by atoms with Gasteiger partial charge < -0.3 is 19.7 Å². The van der Waals surface area contributed by atoms with Gasteiger partial charge in [0.1, 0.15) is 11.4 Å². The zero-order chi connectivity index (χ0) is 19.5. The quantitative estimate of drug-likeness (QED) is 0.790. The van der Waals surface area contributed by atoms with Gasteiger partial charge in [0.05, 0.1) is 17.7 Å². The molecule has 7 heteroatoms. The highest BCUT2D eigenvalue weighted by Gasteiger charge is 2.30. The number of likely N-dealkylation sites (tertiary alicyclic amines) is 1. The summed E-state index contributed by atoms with van der Waals surface area (Å²) in [6, 6.07) is 5.29. The second kappa shape index (κ2) is 8.29. The molecule has 1 fully saturated rings. The molecule has 2 rings (SSSR count). The molecule has 1 heterocycles. The molecule has 0 spiro atoms. The smallest absolute Gasteiger partial charge is 0.407 e. The van der Waals surface area contributed by atoms with Crippen LogP contribution in [-0.2, 0) is 4.74 Å². The summed E-state index contributed by atoms with van der Waals surface area (Å²) in [5.74, 6) is 0.578. The molecule has 1 unspecified atom stereocenters. The number of nitrogens with zero attached hydrogens (tertiary/aromatic N) is 1. The van der Waals surface area contributed by atoms with Crippen LogP contribution in [0.5, 0.6) is 5.75 Å². The number of nitrogens with one attached hydrogen (secondary N) is 1. The predicted molar refractivity (Wildman–Crippen MR) is 104 cm³/mol. The number of hydrogen-bond acceptors (Lipinski definition) is 4. The van der Waals surface area contributed by atoms with E-state index in [0.717, 1.165) is 4.47 Å². The van der Waals surface area contributed by atoms with Crippen molar-refractivity contribution in [3.05, 3.63) is 28.2 Å². The molecule has 6 nitrogen and oxygen atoms in total. The van der Waals surface area contributed by atoms with E-state index in [4.69, 9.17) is 9.47 Å². The van der Waals surface area contributed by atoms with Crippen molar-refractivity contribution >= 4 is 27.9 Å². The van der Waals surface area contributed by atoms with Gasteiger partial charge in [0.25, 0.3) is 5.91 Å². The van der Waals surface area contributed by atoms with Gasteiger partial charge in [-0.25, -0.2) is 4.79 Å². The molecule has 0 saturated carbocycles. The van der Waals surface area contributed by atoms with Crippen LogP contribution in [0, 0.1) is 0 Å². The number of ether oxygens (including phenoxy) is 2. The van der Waals surface area contributed by atoms with Crippen LogP contribution < -0.4 is 10.1 Å². The van der Waals surface area contributed by atoms with Crippen LogP contribution in [0.1, 0.15) is 51.4 Å². The van der Waals surface area contributed by atoms with Crippen LogP contribution >= 0.6 is 15.9 Å². The number of hydrogen-bond donors (Lipinski definition) is 1. The molecule has 0 radical (unpaired) electrons. The summed E-state index contributed by atoms with van der Waals surface area (Å²) in [5.41, 5.74) is 0.0148. The van der Waals surface area contributed by atoms with E-state index in [1.807, 2.05) is 46.8 Å². The normalized spacial score (nSPS) is 17.3. The maximum Gasteiger partial charge on any atom is 0.407 e. The van der Waals surface area contributed by atoms with Crippen LogP contribution in [-0.4, -0.2) is 47.7 Å². The minimum atomic E-state index is -0.542. The Bertz CT molecular complexity index is 670. The Morgan fingerprint density at radius 2 is 2.00 bits per heavy atom. The second-order valence-electron chi connectivity index (χ2n) is 7.69. The van der Waals surface area contributed by atoms with Crippen molar-refractivity contribution in [2.24, 2.45) is 0 Å². The minimum absolute atomic E-state index is 0.0355. The van der Waals surface area contributed by atoms with Crippen molar-refractivity contribution in [2.45, 2.75) is 58.8 Å². The summed E-state index contributed by atoms with van der Waals surface area (Å²) < 4.78 is 11.7. The van der Waals surface area contributed by atoms with Crippen LogP contribution in [0.15, 0.2) is 22.7 Å². The predicted octanol–water partition coefficient (Wildman–Crippen LogP) is 3.98. The van der Waals surface area contributed by atoms with Crippen molar-refractivity contribution in [3.8, 4) is 5.75 Å². The van der Waals surface area contributed by atoms with Gasteiger partial charge in [-0.15, -0.1) is 0 Å². The summed E-state index contributed by atoms with van der Waals surface area (Å²) in [7, 11) is 0. The van der Waals surface area contributed by atoms with Crippen molar-refractivity contribution in [1.82, 2.24) is 10.2 Å². The first-order valence-corrected chi connectivity index (χ1v) is 9.59. The number of alkyl carbamates (subject to hydrolysis) is 1. The van der Waals surface area contributed by atoms with Crippen molar-refractivity contribution in [1.29, 1.82) is 0 Å². The monoisotopic (exact) mass is 426 g/mol. The number of benzene rings is 1. The third-order valence-electron chi connectivity index (χ3n) is 3.74. The Balaban J connectivity index is 2.00. The summed E-state index contributed by atoms with van der Waals surface area (Å²) in [6.07, 6.45) is 0.281. The lowest BCUT2D eigenvalue weighted by atomic mass is 10.2. The highest BCUT2D eigenvalue weighted by atomic mass is 79.9. The molecule has 1 aromatic carbocycles. The Hall–Kier alpha value is -1.76. The first-order valence-electron chi connectivity index (χ1n) is 8.80. The molecule has 1 N–H and O–H groups in total. The first kappa shape index (κ1) is 20.6. The van der Waals surface area contributed by atoms with Gasteiger partial charge >= 0.3 is 6.09 Å².